The van der Waals surface area contributed by atoms with Gasteiger partial charge in [-0.05, 0) is 170 Å². The number of hydrogen-bond acceptors (Lipinski definition) is 1. The Morgan fingerprint density at radius 3 is 1.19 bits per heavy atom. The highest BCUT2D eigenvalue weighted by atomic mass is 15.1. The highest BCUT2D eigenvalue weighted by molar-refractivity contribution is 6.12. The van der Waals surface area contributed by atoms with E-state index in [-0.39, 0.29) is 0 Å². The Hall–Kier alpha value is -9.96. The smallest absolute Gasteiger partial charge is 0.0541 e. The van der Waals surface area contributed by atoms with Crippen LogP contribution in [0.1, 0.15) is 0 Å². The number of anilines is 3. The van der Waals surface area contributed by atoms with Crippen molar-refractivity contribution in [2.24, 2.45) is 0 Å². The van der Waals surface area contributed by atoms with E-state index in [1.165, 1.54) is 87.1 Å². The first-order chi connectivity index (χ1) is 37.2. The average Bonchev–Trinajstić information content (AvgIpc) is 4.00. The molecule has 0 unspecified atom stereocenters. The number of aromatic nitrogens is 2. The third kappa shape index (κ3) is 7.20. The minimum absolute atomic E-state index is 1.10. The van der Waals surface area contributed by atoms with Gasteiger partial charge in [0, 0.05) is 49.7 Å². The second-order valence-electron chi connectivity index (χ2n) is 19.7. The molecule has 0 spiro atoms. The Kier molecular flexibility index (Phi) is 9.89. The van der Waals surface area contributed by atoms with E-state index in [1.54, 1.807) is 0 Å². The van der Waals surface area contributed by atoms with Gasteiger partial charge in [0.05, 0.1) is 27.8 Å². The maximum absolute atomic E-state index is 2.42. The summed E-state index contributed by atoms with van der Waals surface area (Å²) < 4.78 is 4.84. The first-order valence-electron chi connectivity index (χ1n) is 25.8. The van der Waals surface area contributed by atoms with E-state index in [9.17, 15) is 0 Å². The number of para-hydroxylation sites is 3. The van der Waals surface area contributed by atoms with Crippen molar-refractivity contribution in [3.8, 4) is 44.8 Å². The van der Waals surface area contributed by atoms with Gasteiger partial charge in [0.15, 0.2) is 0 Å². The van der Waals surface area contributed by atoms with Gasteiger partial charge in [-0.15, -0.1) is 0 Å². The zero-order chi connectivity index (χ0) is 49.4. The zero-order valence-electron chi connectivity index (χ0n) is 41.0. The molecular formula is C72H47N3. The Morgan fingerprint density at radius 1 is 0.213 bits per heavy atom. The molecule has 0 bridgehead atoms. The summed E-state index contributed by atoms with van der Waals surface area (Å²) in [5.41, 5.74) is 17.4. The van der Waals surface area contributed by atoms with E-state index >= 15 is 0 Å². The van der Waals surface area contributed by atoms with Gasteiger partial charge in [-0.2, -0.15) is 0 Å². The molecule has 2 heterocycles. The summed E-state index contributed by atoms with van der Waals surface area (Å²) in [6.45, 7) is 0. The molecule has 3 heteroatoms. The summed E-state index contributed by atoms with van der Waals surface area (Å²) in [5.74, 6) is 0. The van der Waals surface area contributed by atoms with Crippen LogP contribution in [0.15, 0.2) is 285 Å². The van der Waals surface area contributed by atoms with E-state index in [0.717, 1.165) is 50.7 Å². The van der Waals surface area contributed by atoms with Crippen LogP contribution in [0.25, 0.3) is 121 Å². The van der Waals surface area contributed by atoms with Crippen LogP contribution in [-0.4, -0.2) is 9.13 Å². The summed E-state index contributed by atoms with van der Waals surface area (Å²) in [5, 5.41) is 12.3. The molecule has 0 aliphatic rings. The lowest BCUT2D eigenvalue weighted by Gasteiger charge is -2.27. The van der Waals surface area contributed by atoms with Crippen LogP contribution in [0.5, 0.6) is 0 Å². The van der Waals surface area contributed by atoms with Crippen molar-refractivity contribution < 1.29 is 0 Å². The molecule has 15 aromatic rings. The molecule has 15 rings (SSSR count). The monoisotopic (exact) mass is 953 g/mol. The van der Waals surface area contributed by atoms with Gasteiger partial charge in [0.1, 0.15) is 0 Å². The van der Waals surface area contributed by atoms with Gasteiger partial charge in [0.2, 0.25) is 0 Å². The molecule has 2 aromatic heterocycles. The lowest BCUT2D eigenvalue weighted by atomic mass is 9.92. The molecule has 350 valence electrons. The molecular weight excluding hydrogens is 907 g/mol. The molecule has 0 N–H and O–H groups in total. The van der Waals surface area contributed by atoms with Gasteiger partial charge >= 0.3 is 0 Å². The van der Waals surface area contributed by atoms with E-state index in [4.69, 9.17) is 0 Å². The van der Waals surface area contributed by atoms with Crippen molar-refractivity contribution >= 4 is 93.0 Å². The van der Waals surface area contributed by atoms with Crippen molar-refractivity contribution in [3.05, 3.63) is 285 Å². The normalized spacial score (nSPS) is 11.7. The average molecular weight is 954 g/mol. The molecule has 0 saturated carbocycles. The molecule has 0 aliphatic heterocycles. The van der Waals surface area contributed by atoms with Crippen molar-refractivity contribution in [3.63, 3.8) is 0 Å². The van der Waals surface area contributed by atoms with E-state index < -0.39 is 0 Å². The zero-order valence-corrected chi connectivity index (χ0v) is 41.0. The number of benzene rings is 13. The Labute approximate surface area is 434 Å². The second-order valence-corrected chi connectivity index (χ2v) is 19.7. The standard InChI is InChI=1S/C72H47N3/c1-2-21-59(22-3-1)73(68-28-14-20-51-17-8-9-23-63(51)68)60-35-29-50(30-36-60)56-41-57(54-33-39-71-66(46-54)64-24-10-12-26-69(64)74(71)61-37-31-48-15-4-6-18-52(48)44-61)43-58(42-56)55-34-40-72-67(47-55)65-25-11-13-27-70(65)75(72)62-38-32-49-16-5-7-19-53(49)45-62/h1-47H. The van der Waals surface area contributed by atoms with Crippen LogP contribution >= 0.6 is 0 Å². The Balaban J connectivity index is 0.905. The van der Waals surface area contributed by atoms with Crippen molar-refractivity contribution in [1.82, 2.24) is 9.13 Å². The number of hydrogen-bond donors (Lipinski definition) is 0. The van der Waals surface area contributed by atoms with Gasteiger partial charge < -0.3 is 14.0 Å². The summed E-state index contributed by atoms with van der Waals surface area (Å²) in [4.78, 5) is 2.38. The molecule has 0 saturated heterocycles. The van der Waals surface area contributed by atoms with Crippen molar-refractivity contribution in [2.75, 3.05) is 4.90 Å². The van der Waals surface area contributed by atoms with Crippen LogP contribution in [0.2, 0.25) is 0 Å². The first kappa shape index (κ1) is 42.7. The molecule has 0 radical (unpaired) electrons. The van der Waals surface area contributed by atoms with Crippen LogP contribution in [0, 0.1) is 0 Å². The molecule has 75 heavy (non-hydrogen) atoms. The number of nitrogens with zero attached hydrogens (tertiary/aromatic N) is 3. The summed E-state index contributed by atoms with van der Waals surface area (Å²) in [7, 11) is 0. The molecule has 0 aliphatic carbocycles. The first-order valence-corrected chi connectivity index (χ1v) is 25.8. The third-order valence-corrected chi connectivity index (χ3v) is 15.4. The Morgan fingerprint density at radius 2 is 0.627 bits per heavy atom. The fourth-order valence-electron chi connectivity index (χ4n) is 11.8. The third-order valence-electron chi connectivity index (χ3n) is 15.4. The van der Waals surface area contributed by atoms with Gasteiger partial charge in [-0.3, -0.25) is 0 Å². The van der Waals surface area contributed by atoms with Gasteiger partial charge in [-0.25, -0.2) is 0 Å². The lowest BCUT2D eigenvalue weighted by Crippen LogP contribution is -2.10. The van der Waals surface area contributed by atoms with E-state index in [0.29, 0.717) is 0 Å². The van der Waals surface area contributed by atoms with Crippen LogP contribution < -0.4 is 4.90 Å². The van der Waals surface area contributed by atoms with Crippen LogP contribution in [0.3, 0.4) is 0 Å². The SMILES string of the molecule is c1ccc(N(c2ccc(-c3cc(-c4ccc5c(c4)c4ccccc4n5-c4ccc5ccccc5c4)cc(-c4ccc5c(c4)c4ccccc4n5-c4ccc5ccccc5c4)c3)cc2)c2cccc3ccccc23)cc1. The minimum Gasteiger partial charge on any atom is -0.310 e. The van der Waals surface area contributed by atoms with Gasteiger partial charge in [-0.1, -0.05) is 176 Å². The predicted molar refractivity (Wildman–Crippen MR) is 319 cm³/mol. The number of fused-ring (bicyclic) bond motifs is 9. The van der Waals surface area contributed by atoms with Gasteiger partial charge in [0.25, 0.3) is 0 Å². The highest BCUT2D eigenvalue weighted by Gasteiger charge is 2.19. The quantitative estimate of drug-likeness (QED) is 0.148. The molecule has 3 nitrogen and oxygen atoms in total. The predicted octanol–water partition coefficient (Wildman–Crippen LogP) is 19.8. The molecule has 0 fully saturated rings. The lowest BCUT2D eigenvalue weighted by molar-refractivity contribution is 1.19. The van der Waals surface area contributed by atoms with E-state index in [2.05, 4.69) is 299 Å². The summed E-state index contributed by atoms with van der Waals surface area (Å²) in [6, 6.07) is 105. The fraction of sp³-hybridized carbons (Fsp3) is 0. The van der Waals surface area contributed by atoms with Crippen molar-refractivity contribution in [2.45, 2.75) is 0 Å². The highest BCUT2D eigenvalue weighted by Crippen LogP contribution is 2.43. The fourth-order valence-corrected chi connectivity index (χ4v) is 11.8. The van der Waals surface area contributed by atoms with Crippen LogP contribution in [0.4, 0.5) is 17.1 Å². The largest absolute Gasteiger partial charge is 0.310 e. The summed E-state index contributed by atoms with van der Waals surface area (Å²) in [6.07, 6.45) is 0. The topological polar surface area (TPSA) is 13.1 Å². The minimum atomic E-state index is 1.10. The molecule has 0 amide bonds. The maximum atomic E-state index is 2.42. The summed E-state index contributed by atoms with van der Waals surface area (Å²) >= 11 is 0. The molecule has 0 atom stereocenters. The number of rotatable bonds is 8. The maximum Gasteiger partial charge on any atom is 0.0541 e. The van der Waals surface area contributed by atoms with E-state index in [1.807, 2.05) is 0 Å². The molecule has 13 aromatic carbocycles. The Bertz CT molecular complexity index is 4490. The van der Waals surface area contributed by atoms with Crippen molar-refractivity contribution in [1.29, 1.82) is 0 Å². The van der Waals surface area contributed by atoms with Crippen LogP contribution in [-0.2, 0) is 0 Å². The second kappa shape index (κ2) is 17.4.